The second-order valence-electron chi connectivity index (χ2n) is 2.33. The molecule has 0 N–H and O–H groups in total. The van der Waals surface area contributed by atoms with E-state index < -0.39 is 37.3 Å². The van der Waals surface area contributed by atoms with Crippen molar-refractivity contribution in [3.63, 3.8) is 0 Å². The average molecular weight is 338 g/mol. The molecule has 8 nitrogen and oxygen atoms in total. The summed E-state index contributed by atoms with van der Waals surface area (Å²) in [7, 11) is -12.8. The Morgan fingerprint density at radius 1 is 0.842 bits per heavy atom. The summed E-state index contributed by atoms with van der Waals surface area (Å²) in [6, 6.07) is 0. The van der Waals surface area contributed by atoms with E-state index in [0.29, 0.717) is 0 Å². The Bertz CT molecular complexity index is 546. The van der Waals surface area contributed by atoms with Gasteiger partial charge in [0.2, 0.25) is 0 Å². The smallest absolute Gasteiger partial charge is 0.359 e. The van der Waals surface area contributed by atoms with Crippen molar-refractivity contribution in [3.8, 4) is 0 Å². The maximum Gasteiger partial charge on any atom is 0.547 e. The van der Waals surface area contributed by atoms with E-state index in [1.807, 2.05) is 0 Å². The number of nitrogens with zero attached hydrogens (tertiary/aromatic N) is 2. The summed E-state index contributed by atoms with van der Waals surface area (Å²) in [6.45, 7) is 0. The Hall–Kier alpha value is -1.22. The SMILES string of the molecule is [N-]=[N+]=C(S(=O)(=O)OC(F)(F)F)S(=O)(=O)OC(F)(F)F. The van der Waals surface area contributed by atoms with Crippen LogP contribution >= 0.6 is 0 Å². The van der Waals surface area contributed by atoms with Gasteiger partial charge in [-0.05, 0) is 0 Å². The average Bonchev–Trinajstić information content (AvgIpc) is 1.91. The molecule has 0 rings (SSSR count). The van der Waals surface area contributed by atoms with Crippen LogP contribution in [0, 0.1) is 0 Å². The summed E-state index contributed by atoms with van der Waals surface area (Å²) in [4.78, 5) is 1.29. The van der Waals surface area contributed by atoms with Crippen LogP contribution in [0.2, 0.25) is 0 Å². The molecule has 0 heterocycles. The van der Waals surface area contributed by atoms with Crippen molar-refractivity contribution in [2.75, 3.05) is 0 Å². The topological polar surface area (TPSA) is 123 Å². The van der Waals surface area contributed by atoms with Gasteiger partial charge in [-0.2, -0.15) is 25.2 Å². The van der Waals surface area contributed by atoms with Crippen molar-refractivity contribution in [1.82, 2.24) is 0 Å². The maximum atomic E-state index is 11.6. The largest absolute Gasteiger partial charge is 0.547 e. The number of rotatable bonds is 2. The quantitative estimate of drug-likeness (QED) is 0.178. The first kappa shape index (κ1) is 17.8. The summed E-state index contributed by atoms with van der Waals surface area (Å²) >= 11 is 0. The van der Waals surface area contributed by atoms with E-state index in [2.05, 4.69) is 8.37 Å². The third-order valence-electron chi connectivity index (χ3n) is 0.918. The fourth-order valence-corrected chi connectivity index (χ4v) is 2.59. The highest BCUT2D eigenvalue weighted by molar-refractivity contribution is 8.27. The van der Waals surface area contributed by atoms with Crippen LogP contribution in [-0.2, 0) is 28.6 Å². The molecule has 0 radical (unpaired) electrons. The minimum absolute atomic E-state index is 1.29. The lowest BCUT2D eigenvalue weighted by atomic mass is 11.4. The van der Waals surface area contributed by atoms with Crippen molar-refractivity contribution >= 4 is 24.6 Å². The van der Waals surface area contributed by atoms with Crippen LogP contribution in [0.4, 0.5) is 26.3 Å². The van der Waals surface area contributed by atoms with Gasteiger partial charge >= 0.3 is 37.3 Å². The van der Waals surface area contributed by atoms with E-state index in [-0.39, 0.29) is 0 Å². The Labute approximate surface area is 99.9 Å². The van der Waals surface area contributed by atoms with Gasteiger partial charge in [-0.1, -0.05) is 0 Å². The molecule has 0 aliphatic rings. The van der Waals surface area contributed by atoms with Gasteiger partial charge in [-0.3, -0.25) is 0 Å². The third-order valence-corrected chi connectivity index (χ3v) is 3.98. The molecule has 0 fully saturated rings. The second kappa shape index (κ2) is 5.04. The highest BCUT2D eigenvalue weighted by Crippen LogP contribution is 2.25. The van der Waals surface area contributed by atoms with Crippen LogP contribution in [0.5, 0.6) is 0 Å². The first-order valence-corrected chi connectivity index (χ1v) is 6.19. The minimum atomic E-state index is -6.40. The standard InChI is InChI=1S/C3F6N2O6S2/c4-2(5,6)16-18(12,13)1(11-10)19(14,15)17-3(7,8)9. The van der Waals surface area contributed by atoms with Crippen molar-refractivity contribution in [3.05, 3.63) is 5.53 Å². The number of hydrogen-bond donors (Lipinski definition) is 0. The molecule has 0 aromatic heterocycles. The molecule has 0 aliphatic heterocycles. The van der Waals surface area contributed by atoms with Crippen LogP contribution in [0.1, 0.15) is 0 Å². The van der Waals surface area contributed by atoms with E-state index in [4.69, 9.17) is 5.53 Å². The minimum Gasteiger partial charge on any atom is -0.359 e. The molecule has 0 aliphatic carbocycles. The molecule has 0 atom stereocenters. The molecule has 112 valence electrons. The van der Waals surface area contributed by atoms with Crippen molar-refractivity contribution in [2.24, 2.45) is 0 Å². The summed E-state index contributed by atoms with van der Waals surface area (Å²) in [6.07, 6.45) is -11.9. The number of alkyl halides is 6. The summed E-state index contributed by atoms with van der Waals surface area (Å²) < 4.78 is 114. The van der Waals surface area contributed by atoms with Gasteiger partial charge in [0.05, 0.1) is 0 Å². The Balaban J connectivity index is 5.68. The predicted octanol–water partition coefficient (Wildman–Crippen LogP) is 0.305. The monoisotopic (exact) mass is 338 g/mol. The third kappa shape index (κ3) is 5.97. The molecular formula is C3F6N2O6S2. The zero-order valence-corrected chi connectivity index (χ0v) is 9.56. The first-order valence-electron chi connectivity index (χ1n) is 3.37. The molecule has 0 spiro atoms. The van der Waals surface area contributed by atoms with E-state index in [1.165, 1.54) is 4.79 Å². The van der Waals surface area contributed by atoms with Gasteiger partial charge in [0.25, 0.3) is 0 Å². The van der Waals surface area contributed by atoms with Gasteiger partial charge in [0.15, 0.2) is 0 Å². The van der Waals surface area contributed by atoms with Gasteiger partial charge in [-0.15, -0.1) is 31.1 Å². The molecule has 19 heavy (non-hydrogen) atoms. The molecule has 0 aromatic carbocycles. The maximum absolute atomic E-state index is 11.6. The number of halogens is 6. The Morgan fingerprint density at radius 3 is 1.26 bits per heavy atom. The summed E-state index contributed by atoms with van der Waals surface area (Å²) in [5.41, 5.74) is 7.93. The van der Waals surface area contributed by atoms with Crippen LogP contribution in [0.25, 0.3) is 5.53 Å². The van der Waals surface area contributed by atoms with Crippen LogP contribution in [0.15, 0.2) is 0 Å². The van der Waals surface area contributed by atoms with Gasteiger partial charge in [0, 0.05) is 0 Å². The van der Waals surface area contributed by atoms with Crippen molar-refractivity contribution in [2.45, 2.75) is 12.7 Å². The Kier molecular flexibility index (Phi) is 4.72. The molecule has 0 saturated carbocycles. The van der Waals surface area contributed by atoms with Gasteiger partial charge in [0.1, 0.15) is 0 Å². The van der Waals surface area contributed by atoms with Crippen LogP contribution in [0.3, 0.4) is 0 Å². The van der Waals surface area contributed by atoms with Gasteiger partial charge in [-0.25, -0.2) is 0 Å². The van der Waals surface area contributed by atoms with Crippen LogP contribution in [-0.4, -0.2) is 38.7 Å². The molecule has 0 unspecified atom stereocenters. The number of hydrogen-bond acceptors (Lipinski definition) is 6. The van der Waals surface area contributed by atoms with Crippen LogP contribution < -0.4 is 0 Å². The fourth-order valence-electron chi connectivity index (χ4n) is 0.545. The van der Waals surface area contributed by atoms with E-state index in [1.54, 1.807) is 0 Å². The Morgan fingerprint density at radius 2 is 1.11 bits per heavy atom. The van der Waals surface area contributed by atoms with E-state index >= 15 is 0 Å². The molecular weight excluding hydrogens is 338 g/mol. The molecule has 0 saturated heterocycles. The highest BCUT2D eigenvalue weighted by atomic mass is 32.3. The summed E-state index contributed by atoms with van der Waals surface area (Å²) in [5.74, 6) is 0. The molecule has 0 aromatic rings. The van der Waals surface area contributed by atoms with Crippen molar-refractivity contribution < 1.29 is 56.3 Å². The fraction of sp³-hybridized carbons (Fsp3) is 0.667. The molecule has 0 amide bonds. The lowest BCUT2D eigenvalue weighted by molar-refractivity contribution is -0.271. The summed E-state index contributed by atoms with van der Waals surface area (Å²) in [5, 5.41) is 0. The van der Waals surface area contributed by atoms with E-state index in [9.17, 15) is 43.2 Å². The highest BCUT2D eigenvalue weighted by Gasteiger charge is 2.54. The predicted molar refractivity (Wildman–Crippen MR) is 40.7 cm³/mol. The van der Waals surface area contributed by atoms with E-state index in [0.717, 1.165) is 0 Å². The molecule has 16 heteroatoms. The lowest BCUT2D eigenvalue weighted by Gasteiger charge is -2.06. The van der Waals surface area contributed by atoms with Gasteiger partial charge < -0.3 is 5.53 Å². The zero-order chi connectivity index (χ0) is 15.7. The first-order chi connectivity index (χ1) is 8.11. The lowest BCUT2D eigenvalue weighted by Crippen LogP contribution is -2.35. The normalized spacial score (nSPS) is 14.0. The second-order valence-corrected chi connectivity index (χ2v) is 5.51. The zero-order valence-electron chi connectivity index (χ0n) is 7.93. The van der Waals surface area contributed by atoms with Crippen molar-refractivity contribution in [1.29, 1.82) is 0 Å². The molecule has 0 bridgehead atoms.